The maximum absolute atomic E-state index is 5.31. The van der Waals surface area contributed by atoms with Crippen LogP contribution in [0.15, 0.2) is 24.3 Å². The highest BCUT2D eigenvalue weighted by atomic mass is 32.2. The predicted molar refractivity (Wildman–Crippen MR) is 93.3 cm³/mol. The van der Waals surface area contributed by atoms with Crippen LogP contribution in [0.2, 0.25) is 0 Å². The van der Waals surface area contributed by atoms with Gasteiger partial charge in [0.25, 0.3) is 0 Å². The van der Waals surface area contributed by atoms with Gasteiger partial charge in [0.2, 0.25) is 0 Å². The lowest BCUT2D eigenvalue weighted by Gasteiger charge is -2.16. The van der Waals surface area contributed by atoms with Crippen LogP contribution in [0.5, 0.6) is 5.75 Å². The van der Waals surface area contributed by atoms with Crippen molar-refractivity contribution in [2.45, 2.75) is 30.9 Å². The van der Waals surface area contributed by atoms with E-state index in [9.17, 15) is 0 Å². The number of benzene rings is 1. The van der Waals surface area contributed by atoms with E-state index in [0.29, 0.717) is 21.8 Å². The van der Waals surface area contributed by atoms with E-state index in [4.69, 9.17) is 4.74 Å². The zero-order valence-electron chi connectivity index (χ0n) is 12.5. The minimum atomic E-state index is 0.645. The van der Waals surface area contributed by atoms with Crippen LogP contribution in [-0.4, -0.2) is 35.9 Å². The van der Waals surface area contributed by atoms with Crippen LogP contribution in [0.3, 0.4) is 0 Å². The molecular weight excluding hydrogens is 284 g/mol. The first-order chi connectivity index (χ1) is 9.86. The molecule has 0 spiro atoms. The summed E-state index contributed by atoms with van der Waals surface area (Å²) in [6.07, 6.45) is 5.88. The fraction of sp³-hybridized carbons (Fsp3) is 0.647. The molecule has 3 rings (SSSR count). The van der Waals surface area contributed by atoms with Crippen molar-refractivity contribution < 1.29 is 4.74 Å². The molecule has 1 aromatic rings. The fourth-order valence-corrected chi connectivity index (χ4v) is 9.46. The molecule has 0 saturated carbocycles. The van der Waals surface area contributed by atoms with Crippen LogP contribution >= 0.6 is 0 Å². The Morgan fingerprint density at radius 3 is 2.15 bits per heavy atom. The maximum atomic E-state index is 5.31. The highest BCUT2D eigenvalue weighted by molar-refractivity contribution is 8.00. The van der Waals surface area contributed by atoms with Crippen molar-refractivity contribution in [2.24, 2.45) is 0 Å². The first-order valence-electron chi connectivity index (χ1n) is 7.81. The third-order valence-electron chi connectivity index (χ3n) is 4.46. The van der Waals surface area contributed by atoms with Crippen molar-refractivity contribution in [3.05, 3.63) is 29.8 Å². The molecule has 2 fully saturated rings. The average molecular weight is 311 g/mol. The highest BCUT2D eigenvalue weighted by Crippen LogP contribution is 2.34. The van der Waals surface area contributed by atoms with Gasteiger partial charge in [0.05, 0.1) is 7.11 Å². The van der Waals surface area contributed by atoms with E-state index in [1.165, 1.54) is 54.4 Å². The van der Waals surface area contributed by atoms with Gasteiger partial charge in [-0.05, 0) is 59.6 Å². The minimum Gasteiger partial charge on any atom is -0.497 e. The normalized spacial score (nSPS) is 22.2. The molecule has 2 aliphatic rings. The van der Waals surface area contributed by atoms with Crippen molar-refractivity contribution in [1.29, 1.82) is 0 Å². The SMILES string of the molecule is COc1ccc(C(C[S+]2CCCC2)[S+]2CCCC2)cc1. The second kappa shape index (κ2) is 7.13. The third kappa shape index (κ3) is 3.48. The molecule has 2 aliphatic heterocycles. The number of hydrogen-bond donors (Lipinski definition) is 0. The molecule has 0 aliphatic carbocycles. The lowest BCUT2D eigenvalue weighted by Crippen LogP contribution is -2.25. The molecule has 0 aromatic heterocycles. The van der Waals surface area contributed by atoms with Crippen LogP contribution in [-0.2, 0) is 21.8 Å². The van der Waals surface area contributed by atoms with Gasteiger partial charge >= 0.3 is 0 Å². The minimum absolute atomic E-state index is 0.645. The zero-order valence-corrected chi connectivity index (χ0v) is 14.1. The number of rotatable bonds is 5. The van der Waals surface area contributed by atoms with Crippen LogP contribution in [0.4, 0.5) is 0 Å². The smallest absolute Gasteiger partial charge is 0.187 e. The van der Waals surface area contributed by atoms with E-state index in [0.717, 1.165) is 11.0 Å². The van der Waals surface area contributed by atoms with Crippen LogP contribution < -0.4 is 4.74 Å². The van der Waals surface area contributed by atoms with Gasteiger partial charge in [-0.2, -0.15) is 0 Å². The van der Waals surface area contributed by atoms with E-state index in [-0.39, 0.29) is 0 Å². The van der Waals surface area contributed by atoms with E-state index in [1.54, 1.807) is 12.7 Å². The molecule has 0 bridgehead atoms. The average Bonchev–Trinajstić information content (AvgIpc) is 3.18. The highest BCUT2D eigenvalue weighted by Gasteiger charge is 2.41. The molecule has 1 atom stereocenters. The van der Waals surface area contributed by atoms with E-state index in [1.807, 2.05) is 0 Å². The number of ether oxygens (including phenoxy) is 1. The lowest BCUT2D eigenvalue weighted by molar-refractivity contribution is 0.414. The van der Waals surface area contributed by atoms with Crippen molar-refractivity contribution in [3.63, 3.8) is 0 Å². The second-order valence-corrected chi connectivity index (χ2v) is 10.6. The quantitative estimate of drug-likeness (QED) is 0.756. The Morgan fingerprint density at radius 1 is 0.950 bits per heavy atom. The van der Waals surface area contributed by atoms with Gasteiger partial charge in [-0.1, -0.05) is 12.1 Å². The molecule has 1 nitrogen and oxygen atoms in total. The Balaban J connectivity index is 1.75. The Kier molecular flexibility index (Phi) is 5.22. The lowest BCUT2D eigenvalue weighted by atomic mass is 10.1. The standard InChI is InChI=1S/C17H26OS2/c1-18-16-8-6-15(7-9-16)17(20-12-4-5-13-20)14-19-10-2-3-11-19/h6-9,17H,2-5,10-14H2,1H3/q+2. The topological polar surface area (TPSA) is 9.23 Å². The summed E-state index contributed by atoms with van der Waals surface area (Å²) < 4.78 is 5.31. The van der Waals surface area contributed by atoms with Crippen LogP contribution in [0.1, 0.15) is 36.5 Å². The Bertz CT molecular complexity index is 406. The molecule has 2 heterocycles. The van der Waals surface area contributed by atoms with E-state index >= 15 is 0 Å². The molecule has 20 heavy (non-hydrogen) atoms. The Morgan fingerprint density at radius 2 is 1.55 bits per heavy atom. The summed E-state index contributed by atoms with van der Waals surface area (Å²) in [5, 5.41) is 0.838. The molecule has 110 valence electrons. The van der Waals surface area contributed by atoms with Gasteiger partial charge in [0.1, 0.15) is 28.8 Å². The van der Waals surface area contributed by atoms with Crippen molar-refractivity contribution >= 4 is 21.8 Å². The molecule has 1 unspecified atom stereocenters. The van der Waals surface area contributed by atoms with Gasteiger partial charge in [-0.15, -0.1) is 0 Å². The first kappa shape index (κ1) is 14.6. The summed E-state index contributed by atoms with van der Waals surface area (Å²) in [4.78, 5) is 0. The third-order valence-corrected chi connectivity index (χ3v) is 10.1. The molecule has 0 amide bonds. The van der Waals surface area contributed by atoms with E-state index in [2.05, 4.69) is 24.3 Å². The van der Waals surface area contributed by atoms with Gasteiger partial charge in [0, 0.05) is 5.56 Å². The van der Waals surface area contributed by atoms with Gasteiger partial charge in [-0.25, -0.2) is 0 Å². The van der Waals surface area contributed by atoms with Crippen molar-refractivity contribution in [3.8, 4) is 5.75 Å². The van der Waals surface area contributed by atoms with E-state index < -0.39 is 0 Å². The van der Waals surface area contributed by atoms with Crippen molar-refractivity contribution in [2.75, 3.05) is 35.9 Å². The summed E-state index contributed by atoms with van der Waals surface area (Å²) in [5.74, 6) is 8.43. The summed E-state index contributed by atoms with van der Waals surface area (Å²) in [7, 11) is 3.12. The molecule has 2 saturated heterocycles. The monoisotopic (exact) mass is 310 g/mol. The Hall–Kier alpha value is -0.280. The maximum Gasteiger partial charge on any atom is 0.187 e. The summed E-state index contributed by atoms with van der Waals surface area (Å²) in [5.41, 5.74) is 1.58. The fourth-order valence-electron chi connectivity index (χ4n) is 3.26. The van der Waals surface area contributed by atoms with Gasteiger partial charge in [0.15, 0.2) is 11.0 Å². The molecular formula is C17H26OS2+2. The van der Waals surface area contributed by atoms with Gasteiger partial charge in [-0.3, -0.25) is 0 Å². The van der Waals surface area contributed by atoms with Crippen molar-refractivity contribution in [1.82, 2.24) is 0 Å². The predicted octanol–water partition coefficient (Wildman–Crippen LogP) is 3.56. The molecule has 3 heteroatoms. The summed E-state index contributed by atoms with van der Waals surface area (Å²) in [6.45, 7) is 0. The summed E-state index contributed by atoms with van der Waals surface area (Å²) in [6, 6.07) is 8.96. The molecule has 1 aromatic carbocycles. The summed E-state index contributed by atoms with van der Waals surface area (Å²) >= 11 is 0. The zero-order chi connectivity index (χ0) is 13.8. The van der Waals surface area contributed by atoms with Crippen LogP contribution in [0.25, 0.3) is 0 Å². The van der Waals surface area contributed by atoms with Gasteiger partial charge < -0.3 is 4.74 Å². The molecule has 0 radical (unpaired) electrons. The largest absolute Gasteiger partial charge is 0.497 e. The molecule has 0 N–H and O–H groups in total. The second-order valence-electron chi connectivity index (χ2n) is 5.81. The number of hydrogen-bond acceptors (Lipinski definition) is 1. The Labute approximate surface area is 129 Å². The number of methoxy groups -OCH3 is 1. The van der Waals surface area contributed by atoms with Crippen LogP contribution in [0, 0.1) is 0 Å². The first-order valence-corrected chi connectivity index (χ1v) is 11.2.